The molecule has 0 spiro atoms. The van der Waals surface area contributed by atoms with E-state index in [1.165, 1.54) is 12.1 Å². The lowest BCUT2D eigenvalue weighted by Crippen LogP contribution is -1.99. The molecule has 0 amide bonds. The molecule has 6 nitrogen and oxygen atoms in total. The lowest BCUT2D eigenvalue weighted by Gasteiger charge is -2.09. The smallest absolute Gasteiger partial charge is 0.303 e. The highest BCUT2D eigenvalue weighted by Crippen LogP contribution is 2.27. The Morgan fingerprint density at radius 1 is 1.17 bits per heavy atom. The van der Waals surface area contributed by atoms with Crippen molar-refractivity contribution in [2.75, 3.05) is 0 Å². The quantitative estimate of drug-likeness (QED) is 0.613. The molecule has 0 heterocycles. The third-order valence-electron chi connectivity index (χ3n) is 3.17. The first kappa shape index (κ1) is 16.8. The zero-order valence-corrected chi connectivity index (χ0v) is 12.8. The van der Waals surface area contributed by atoms with Crippen molar-refractivity contribution in [3.05, 3.63) is 68.7 Å². The third-order valence-corrected chi connectivity index (χ3v) is 3.46. The highest BCUT2D eigenvalue weighted by molar-refractivity contribution is 6.32. The Bertz CT molecular complexity index is 715. The molecule has 0 aliphatic carbocycles. The van der Waals surface area contributed by atoms with Gasteiger partial charge in [-0.1, -0.05) is 17.7 Å². The van der Waals surface area contributed by atoms with Crippen molar-refractivity contribution >= 4 is 23.3 Å². The van der Waals surface area contributed by atoms with Crippen LogP contribution in [-0.2, 0) is 17.8 Å². The Morgan fingerprint density at radius 2 is 1.83 bits per heavy atom. The molecule has 0 bridgehead atoms. The standard InChI is InChI=1S/C16H14ClNO5/c17-14-9-11(4-8-16(19)20)3-7-15(14)23-10-12-1-5-13(6-2-12)18(21)22/h1-3,5-7,9H,4,8,10H2,(H,19,20). The van der Waals surface area contributed by atoms with Gasteiger partial charge in [0.1, 0.15) is 12.4 Å². The number of carbonyl (C=O) groups is 1. The van der Waals surface area contributed by atoms with E-state index in [0.29, 0.717) is 17.2 Å². The summed E-state index contributed by atoms with van der Waals surface area (Å²) >= 11 is 6.12. The lowest BCUT2D eigenvalue weighted by molar-refractivity contribution is -0.384. The summed E-state index contributed by atoms with van der Waals surface area (Å²) in [6, 6.07) is 11.2. The fraction of sp³-hybridized carbons (Fsp3) is 0.188. The maximum absolute atomic E-state index is 10.6. The van der Waals surface area contributed by atoms with Gasteiger partial charge in [0.05, 0.1) is 9.95 Å². The number of rotatable bonds is 7. The number of hydrogen-bond acceptors (Lipinski definition) is 4. The Labute approximate surface area is 137 Å². The van der Waals surface area contributed by atoms with Crippen LogP contribution in [0.25, 0.3) is 0 Å². The van der Waals surface area contributed by atoms with Gasteiger partial charge < -0.3 is 9.84 Å². The molecule has 7 heteroatoms. The van der Waals surface area contributed by atoms with Gasteiger partial charge in [-0.05, 0) is 41.8 Å². The Hall–Kier alpha value is -2.60. The molecule has 0 radical (unpaired) electrons. The van der Waals surface area contributed by atoms with E-state index in [1.54, 1.807) is 30.3 Å². The fourth-order valence-electron chi connectivity index (χ4n) is 1.94. The van der Waals surface area contributed by atoms with Crippen LogP contribution in [0.5, 0.6) is 5.75 Å². The zero-order chi connectivity index (χ0) is 16.8. The second-order valence-corrected chi connectivity index (χ2v) is 5.28. The Kier molecular flexibility index (Phi) is 5.54. The van der Waals surface area contributed by atoms with Gasteiger partial charge in [-0.3, -0.25) is 14.9 Å². The predicted molar refractivity (Wildman–Crippen MR) is 84.8 cm³/mol. The van der Waals surface area contributed by atoms with E-state index in [-0.39, 0.29) is 18.7 Å². The number of ether oxygens (including phenoxy) is 1. The normalized spacial score (nSPS) is 10.3. The van der Waals surface area contributed by atoms with E-state index in [9.17, 15) is 14.9 Å². The van der Waals surface area contributed by atoms with Crippen molar-refractivity contribution in [1.29, 1.82) is 0 Å². The molecule has 0 fully saturated rings. The van der Waals surface area contributed by atoms with E-state index < -0.39 is 10.9 Å². The summed E-state index contributed by atoms with van der Waals surface area (Å²) in [7, 11) is 0. The maximum atomic E-state index is 10.6. The monoisotopic (exact) mass is 335 g/mol. The van der Waals surface area contributed by atoms with Crippen molar-refractivity contribution < 1.29 is 19.6 Å². The van der Waals surface area contributed by atoms with Crippen LogP contribution in [0, 0.1) is 10.1 Å². The molecule has 0 atom stereocenters. The van der Waals surface area contributed by atoms with E-state index in [1.807, 2.05) is 0 Å². The second kappa shape index (κ2) is 7.60. The first-order valence-electron chi connectivity index (χ1n) is 6.82. The second-order valence-electron chi connectivity index (χ2n) is 4.87. The van der Waals surface area contributed by atoms with Crippen molar-refractivity contribution in [2.45, 2.75) is 19.4 Å². The van der Waals surface area contributed by atoms with Gasteiger partial charge in [0.2, 0.25) is 0 Å². The molecular weight excluding hydrogens is 322 g/mol. The van der Waals surface area contributed by atoms with E-state index >= 15 is 0 Å². The van der Waals surface area contributed by atoms with Crippen LogP contribution in [0.3, 0.4) is 0 Å². The number of carboxylic acid groups (broad SMARTS) is 1. The van der Waals surface area contributed by atoms with Crippen LogP contribution >= 0.6 is 11.6 Å². The molecular formula is C16H14ClNO5. The Balaban J connectivity index is 1.97. The molecule has 0 aliphatic rings. The van der Waals surface area contributed by atoms with E-state index in [2.05, 4.69) is 0 Å². The molecule has 1 N–H and O–H groups in total. The van der Waals surface area contributed by atoms with Crippen LogP contribution < -0.4 is 4.74 Å². The zero-order valence-electron chi connectivity index (χ0n) is 12.1. The minimum Gasteiger partial charge on any atom is -0.487 e. The van der Waals surface area contributed by atoms with Crippen LogP contribution in [0.2, 0.25) is 5.02 Å². The van der Waals surface area contributed by atoms with Gasteiger partial charge >= 0.3 is 5.97 Å². The van der Waals surface area contributed by atoms with Crippen LogP contribution in [0.15, 0.2) is 42.5 Å². The molecule has 2 aromatic carbocycles. The molecule has 0 saturated heterocycles. The van der Waals surface area contributed by atoms with Crippen LogP contribution in [-0.4, -0.2) is 16.0 Å². The number of non-ortho nitro benzene ring substituents is 1. The largest absolute Gasteiger partial charge is 0.487 e. The molecule has 0 aliphatic heterocycles. The molecule has 0 saturated carbocycles. The summed E-state index contributed by atoms with van der Waals surface area (Å²) in [6.45, 7) is 0.228. The summed E-state index contributed by atoms with van der Waals surface area (Å²) in [5.74, 6) is -0.385. The van der Waals surface area contributed by atoms with Crippen LogP contribution in [0.1, 0.15) is 17.5 Å². The van der Waals surface area contributed by atoms with E-state index in [4.69, 9.17) is 21.4 Å². The molecule has 0 aromatic heterocycles. The first-order chi connectivity index (χ1) is 11.0. The minimum absolute atomic E-state index is 0.0227. The number of hydrogen-bond donors (Lipinski definition) is 1. The molecule has 2 aromatic rings. The first-order valence-corrected chi connectivity index (χ1v) is 7.20. The number of nitrogens with zero attached hydrogens (tertiary/aromatic N) is 1. The summed E-state index contributed by atoms with van der Waals surface area (Å²) < 4.78 is 5.59. The van der Waals surface area contributed by atoms with Crippen molar-refractivity contribution in [3.8, 4) is 5.75 Å². The molecule has 0 unspecified atom stereocenters. The SMILES string of the molecule is O=C(O)CCc1ccc(OCc2ccc([N+](=O)[O-])cc2)c(Cl)c1. The number of benzene rings is 2. The highest BCUT2D eigenvalue weighted by atomic mass is 35.5. The maximum Gasteiger partial charge on any atom is 0.303 e. The average molecular weight is 336 g/mol. The highest BCUT2D eigenvalue weighted by Gasteiger charge is 2.07. The Morgan fingerprint density at radius 3 is 2.39 bits per heavy atom. The van der Waals surface area contributed by atoms with E-state index in [0.717, 1.165) is 11.1 Å². The third kappa shape index (κ3) is 4.96. The summed E-state index contributed by atoms with van der Waals surface area (Å²) in [6.07, 6.45) is 0.441. The van der Waals surface area contributed by atoms with Gasteiger partial charge in [-0.15, -0.1) is 0 Å². The average Bonchev–Trinajstić information content (AvgIpc) is 2.52. The van der Waals surface area contributed by atoms with Gasteiger partial charge in [0.25, 0.3) is 5.69 Å². The van der Waals surface area contributed by atoms with Crippen molar-refractivity contribution in [1.82, 2.24) is 0 Å². The molecule has 2 rings (SSSR count). The number of aliphatic carboxylic acids is 1. The number of halogens is 1. The van der Waals surface area contributed by atoms with Gasteiger partial charge in [0.15, 0.2) is 0 Å². The molecule has 120 valence electrons. The van der Waals surface area contributed by atoms with Gasteiger partial charge in [0, 0.05) is 18.6 Å². The fourth-order valence-corrected chi connectivity index (χ4v) is 2.20. The number of aryl methyl sites for hydroxylation is 1. The van der Waals surface area contributed by atoms with Crippen LogP contribution in [0.4, 0.5) is 5.69 Å². The van der Waals surface area contributed by atoms with Crippen molar-refractivity contribution in [3.63, 3.8) is 0 Å². The number of carboxylic acids is 1. The predicted octanol–water partition coefficient (Wildman–Crippen LogP) is 3.84. The van der Waals surface area contributed by atoms with Gasteiger partial charge in [-0.25, -0.2) is 0 Å². The minimum atomic E-state index is -0.861. The summed E-state index contributed by atoms with van der Waals surface area (Å²) in [5.41, 5.74) is 1.62. The van der Waals surface area contributed by atoms with Crippen molar-refractivity contribution in [2.24, 2.45) is 0 Å². The number of nitro groups is 1. The summed E-state index contributed by atoms with van der Waals surface area (Å²) in [5, 5.41) is 19.6. The number of nitro benzene ring substituents is 1. The lowest BCUT2D eigenvalue weighted by atomic mass is 10.1. The summed E-state index contributed by atoms with van der Waals surface area (Å²) in [4.78, 5) is 20.7. The van der Waals surface area contributed by atoms with Gasteiger partial charge in [-0.2, -0.15) is 0 Å². The topological polar surface area (TPSA) is 89.7 Å². The molecule has 23 heavy (non-hydrogen) atoms.